The van der Waals surface area contributed by atoms with E-state index in [1.54, 1.807) is 13.2 Å². The zero-order chi connectivity index (χ0) is 17.5. The number of hydrogen-bond acceptors (Lipinski definition) is 4. The van der Waals surface area contributed by atoms with Crippen LogP contribution in [0.3, 0.4) is 0 Å². The summed E-state index contributed by atoms with van der Waals surface area (Å²) in [6.45, 7) is 4.57. The summed E-state index contributed by atoms with van der Waals surface area (Å²) >= 11 is 0. The molecule has 130 valence electrons. The topological polar surface area (TPSA) is 50.7 Å². The molecule has 0 spiro atoms. The molecule has 2 N–H and O–H groups in total. The highest BCUT2D eigenvalue weighted by Gasteiger charge is 2.11. The maximum absolute atomic E-state index is 13.8. The summed E-state index contributed by atoms with van der Waals surface area (Å²) in [4.78, 5) is 0. The highest BCUT2D eigenvalue weighted by atomic mass is 19.1. The number of hydrogen-bond donors (Lipinski definition) is 2. The number of aliphatic hydroxyl groups excluding tert-OH is 1. The molecule has 1 unspecified atom stereocenters. The first-order valence-corrected chi connectivity index (χ1v) is 7.95. The lowest BCUT2D eigenvalue weighted by atomic mass is 10.1. The Morgan fingerprint density at radius 1 is 1.17 bits per heavy atom. The van der Waals surface area contributed by atoms with Crippen LogP contribution in [0, 0.1) is 12.7 Å². The third kappa shape index (κ3) is 4.69. The lowest BCUT2D eigenvalue weighted by molar-refractivity contribution is 0.196. The van der Waals surface area contributed by atoms with Crippen LogP contribution in [0.4, 0.5) is 4.39 Å². The number of nitrogens with one attached hydrogen (secondary N) is 1. The minimum Gasteiger partial charge on any atom is -0.493 e. The second kappa shape index (κ2) is 8.66. The Morgan fingerprint density at radius 2 is 1.96 bits per heavy atom. The van der Waals surface area contributed by atoms with Crippen molar-refractivity contribution in [2.75, 3.05) is 20.3 Å². The molecule has 4 nitrogen and oxygen atoms in total. The first kappa shape index (κ1) is 18.2. The van der Waals surface area contributed by atoms with E-state index in [9.17, 15) is 4.39 Å². The SMILES string of the molecule is COc1cc(C(C)NCc2cc(C)ccc2F)ccc1OCCO. The minimum absolute atomic E-state index is 0.0192. The van der Waals surface area contributed by atoms with Gasteiger partial charge in [0.05, 0.1) is 13.7 Å². The van der Waals surface area contributed by atoms with Crippen molar-refractivity contribution in [3.8, 4) is 11.5 Å². The fraction of sp³-hybridized carbons (Fsp3) is 0.368. The molecule has 0 bridgehead atoms. The molecule has 0 radical (unpaired) electrons. The Kier molecular flexibility index (Phi) is 6.58. The van der Waals surface area contributed by atoms with Crippen molar-refractivity contribution >= 4 is 0 Å². The highest BCUT2D eigenvalue weighted by molar-refractivity contribution is 5.43. The van der Waals surface area contributed by atoms with E-state index >= 15 is 0 Å². The van der Waals surface area contributed by atoms with Crippen LogP contribution in [0.2, 0.25) is 0 Å². The summed E-state index contributed by atoms with van der Waals surface area (Å²) in [6, 6.07) is 10.8. The molecule has 5 heteroatoms. The second-order valence-corrected chi connectivity index (χ2v) is 5.68. The molecule has 0 aliphatic carbocycles. The molecular formula is C19H24FNO3. The van der Waals surface area contributed by atoms with Gasteiger partial charge in [-0.3, -0.25) is 0 Å². The summed E-state index contributed by atoms with van der Waals surface area (Å²) in [5.74, 6) is 0.995. The summed E-state index contributed by atoms with van der Waals surface area (Å²) in [5, 5.41) is 12.2. The fourth-order valence-corrected chi connectivity index (χ4v) is 2.45. The van der Waals surface area contributed by atoms with Gasteiger partial charge >= 0.3 is 0 Å². The molecule has 0 fully saturated rings. The number of rotatable bonds is 8. The standard InChI is InChI=1S/C19H24FNO3/c1-13-4-6-17(20)16(10-13)12-21-14(2)15-5-7-18(24-9-8-22)19(11-15)23-3/h4-7,10-11,14,21-22H,8-9,12H2,1-3H3. The second-order valence-electron chi connectivity index (χ2n) is 5.68. The monoisotopic (exact) mass is 333 g/mol. The van der Waals surface area contributed by atoms with Crippen LogP contribution in [0.25, 0.3) is 0 Å². The molecule has 0 saturated carbocycles. The molecular weight excluding hydrogens is 309 g/mol. The zero-order valence-electron chi connectivity index (χ0n) is 14.3. The third-order valence-corrected chi connectivity index (χ3v) is 3.84. The maximum Gasteiger partial charge on any atom is 0.161 e. The van der Waals surface area contributed by atoms with E-state index in [0.717, 1.165) is 11.1 Å². The van der Waals surface area contributed by atoms with Gasteiger partial charge in [-0.25, -0.2) is 4.39 Å². The average Bonchev–Trinajstić information content (AvgIpc) is 2.60. The van der Waals surface area contributed by atoms with E-state index < -0.39 is 0 Å². The number of halogens is 1. The van der Waals surface area contributed by atoms with E-state index in [-0.39, 0.29) is 25.1 Å². The van der Waals surface area contributed by atoms with Gasteiger partial charge in [-0.2, -0.15) is 0 Å². The quantitative estimate of drug-likeness (QED) is 0.778. The summed E-state index contributed by atoms with van der Waals surface area (Å²) < 4.78 is 24.6. The van der Waals surface area contributed by atoms with Gasteiger partial charge < -0.3 is 19.9 Å². The highest BCUT2D eigenvalue weighted by Crippen LogP contribution is 2.30. The van der Waals surface area contributed by atoms with Gasteiger partial charge in [0.15, 0.2) is 11.5 Å². The minimum atomic E-state index is -0.203. The van der Waals surface area contributed by atoms with Crippen LogP contribution in [0.1, 0.15) is 29.7 Å². The molecule has 2 rings (SSSR count). The Labute approximate surface area is 142 Å². The average molecular weight is 333 g/mol. The van der Waals surface area contributed by atoms with Gasteiger partial charge in [-0.05, 0) is 37.6 Å². The van der Waals surface area contributed by atoms with Crippen LogP contribution < -0.4 is 14.8 Å². The van der Waals surface area contributed by atoms with Crippen LogP contribution in [-0.4, -0.2) is 25.4 Å². The smallest absolute Gasteiger partial charge is 0.161 e. The Morgan fingerprint density at radius 3 is 2.67 bits per heavy atom. The van der Waals surface area contributed by atoms with Gasteiger partial charge in [0.1, 0.15) is 12.4 Å². The van der Waals surface area contributed by atoms with Crippen molar-refractivity contribution in [3.63, 3.8) is 0 Å². The predicted molar refractivity (Wildman–Crippen MR) is 92.0 cm³/mol. The van der Waals surface area contributed by atoms with E-state index in [1.165, 1.54) is 6.07 Å². The Bertz CT molecular complexity index is 676. The van der Waals surface area contributed by atoms with Crippen molar-refractivity contribution in [1.29, 1.82) is 0 Å². The molecule has 0 saturated heterocycles. The van der Waals surface area contributed by atoms with Gasteiger partial charge in [-0.15, -0.1) is 0 Å². The van der Waals surface area contributed by atoms with Gasteiger partial charge in [-0.1, -0.05) is 23.8 Å². The lowest BCUT2D eigenvalue weighted by Gasteiger charge is -2.17. The zero-order valence-corrected chi connectivity index (χ0v) is 14.3. The van der Waals surface area contributed by atoms with Gasteiger partial charge in [0.2, 0.25) is 0 Å². The van der Waals surface area contributed by atoms with Crippen molar-refractivity contribution in [2.45, 2.75) is 26.4 Å². The molecule has 0 aromatic heterocycles. The third-order valence-electron chi connectivity index (χ3n) is 3.84. The lowest BCUT2D eigenvalue weighted by Crippen LogP contribution is -2.19. The van der Waals surface area contributed by atoms with Crippen LogP contribution in [-0.2, 0) is 6.54 Å². The van der Waals surface area contributed by atoms with Crippen LogP contribution in [0.5, 0.6) is 11.5 Å². The normalized spacial score (nSPS) is 12.0. The molecule has 24 heavy (non-hydrogen) atoms. The summed E-state index contributed by atoms with van der Waals surface area (Å²) in [7, 11) is 1.57. The van der Waals surface area contributed by atoms with Crippen LogP contribution in [0.15, 0.2) is 36.4 Å². The Balaban J connectivity index is 2.06. The van der Waals surface area contributed by atoms with E-state index in [1.807, 2.05) is 38.1 Å². The van der Waals surface area contributed by atoms with Gasteiger partial charge in [0, 0.05) is 18.2 Å². The first-order valence-electron chi connectivity index (χ1n) is 7.95. The van der Waals surface area contributed by atoms with Crippen LogP contribution >= 0.6 is 0 Å². The Hall–Kier alpha value is -2.11. The molecule has 0 heterocycles. The summed E-state index contributed by atoms with van der Waals surface area (Å²) in [6.07, 6.45) is 0. The number of ether oxygens (including phenoxy) is 2. The molecule has 0 aliphatic rings. The van der Waals surface area contributed by atoms with E-state index in [0.29, 0.717) is 23.6 Å². The number of aryl methyl sites for hydroxylation is 1. The van der Waals surface area contributed by atoms with E-state index in [2.05, 4.69) is 5.32 Å². The number of methoxy groups -OCH3 is 1. The molecule has 1 atom stereocenters. The van der Waals surface area contributed by atoms with Gasteiger partial charge in [0.25, 0.3) is 0 Å². The van der Waals surface area contributed by atoms with Crippen molar-refractivity contribution in [3.05, 3.63) is 58.9 Å². The molecule has 2 aromatic rings. The summed E-state index contributed by atoms with van der Waals surface area (Å²) in [5.41, 5.74) is 2.70. The number of aliphatic hydroxyl groups is 1. The predicted octanol–water partition coefficient (Wildman–Crippen LogP) is 3.36. The number of benzene rings is 2. The van der Waals surface area contributed by atoms with Crippen molar-refractivity contribution < 1.29 is 19.0 Å². The fourth-order valence-electron chi connectivity index (χ4n) is 2.45. The molecule has 0 amide bonds. The maximum atomic E-state index is 13.8. The largest absolute Gasteiger partial charge is 0.493 e. The van der Waals surface area contributed by atoms with E-state index in [4.69, 9.17) is 14.6 Å². The first-order chi connectivity index (χ1) is 11.5. The molecule has 2 aromatic carbocycles. The molecule has 0 aliphatic heterocycles. The van der Waals surface area contributed by atoms with Crippen molar-refractivity contribution in [2.24, 2.45) is 0 Å². The van der Waals surface area contributed by atoms with Crippen molar-refractivity contribution in [1.82, 2.24) is 5.32 Å².